The van der Waals surface area contributed by atoms with Crippen LogP contribution in [0.1, 0.15) is 119 Å². The lowest BCUT2D eigenvalue weighted by atomic mass is 9.75. The Bertz CT molecular complexity index is 533. The van der Waals surface area contributed by atoms with Crippen LogP contribution >= 0.6 is 0 Å². The topological polar surface area (TPSA) is 49.9 Å². The molecule has 188 valence electrons. The van der Waals surface area contributed by atoms with E-state index in [1.165, 1.54) is 43.4 Å². The number of carbonyl (C=O) groups is 2. The molecule has 5 nitrogen and oxygen atoms in total. The zero-order chi connectivity index (χ0) is 24.0. The summed E-state index contributed by atoms with van der Waals surface area (Å²) in [5, 5.41) is 0. The molecule has 1 saturated heterocycles. The number of hydrogen-bond acceptors (Lipinski definition) is 3. The molecule has 0 spiro atoms. The molecule has 1 aliphatic heterocycles. The van der Waals surface area contributed by atoms with Crippen LogP contribution in [0, 0.1) is 10.8 Å². The summed E-state index contributed by atoms with van der Waals surface area (Å²) in [6.45, 7) is 16.5. The molecule has 1 aliphatic rings. The molecule has 0 atom stereocenters. The van der Waals surface area contributed by atoms with Crippen LogP contribution in [0.2, 0.25) is 0 Å². The Morgan fingerprint density at radius 1 is 0.719 bits per heavy atom. The highest BCUT2D eigenvalue weighted by Gasteiger charge is 2.36. The zero-order valence-corrected chi connectivity index (χ0v) is 22.1. The van der Waals surface area contributed by atoms with Crippen LogP contribution in [0.3, 0.4) is 0 Å². The van der Waals surface area contributed by atoms with Gasteiger partial charge in [0.15, 0.2) is 0 Å². The van der Waals surface area contributed by atoms with E-state index in [-0.39, 0.29) is 23.9 Å². The van der Waals surface area contributed by atoms with Crippen LogP contribution in [-0.4, -0.2) is 54.6 Å². The fourth-order valence-electron chi connectivity index (χ4n) is 5.28. The van der Waals surface area contributed by atoms with Gasteiger partial charge >= 0.3 is 6.03 Å². The lowest BCUT2D eigenvalue weighted by Gasteiger charge is -2.33. The van der Waals surface area contributed by atoms with Gasteiger partial charge < -0.3 is 9.64 Å². The molecule has 0 bridgehead atoms. The van der Waals surface area contributed by atoms with Crippen molar-refractivity contribution in [1.82, 2.24) is 9.80 Å². The van der Waals surface area contributed by atoms with Crippen molar-refractivity contribution in [3.05, 3.63) is 0 Å². The highest BCUT2D eigenvalue weighted by Crippen LogP contribution is 2.37. The quantitative estimate of drug-likeness (QED) is 0.156. The first-order valence-electron chi connectivity index (χ1n) is 13.5. The highest BCUT2D eigenvalue weighted by molar-refractivity contribution is 6.01. The summed E-state index contributed by atoms with van der Waals surface area (Å²) in [7, 11) is 0. The van der Waals surface area contributed by atoms with E-state index in [0.717, 1.165) is 51.7 Å². The molecule has 3 amide bonds. The number of ether oxygens (including phenoxy) is 1. The summed E-state index contributed by atoms with van der Waals surface area (Å²) in [6, 6.07) is -0.110. The minimum Gasteiger partial charge on any atom is -0.381 e. The number of imide groups is 1. The first kappa shape index (κ1) is 28.9. The van der Waals surface area contributed by atoms with Gasteiger partial charge in [-0.3, -0.25) is 9.69 Å². The van der Waals surface area contributed by atoms with Crippen LogP contribution in [0.15, 0.2) is 0 Å². The van der Waals surface area contributed by atoms with Gasteiger partial charge in [-0.2, -0.15) is 0 Å². The fourth-order valence-corrected chi connectivity index (χ4v) is 5.28. The van der Waals surface area contributed by atoms with Crippen molar-refractivity contribution < 1.29 is 14.3 Å². The van der Waals surface area contributed by atoms with Crippen molar-refractivity contribution in [3.8, 4) is 0 Å². The van der Waals surface area contributed by atoms with Crippen LogP contribution in [0.4, 0.5) is 4.79 Å². The van der Waals surface area contributed by atoms with Gasteiger partial charge in [0.2, 0.25) is 5.91 Å². The van der Waals surface area contributed by atoms with E-state index in [1.807, 2.05) is 6.92 Å². The number of hydrogen-bond donors (Lipinski definition) is 0. The van der Waals surface area contributed by atoms with E-state index in [0.29, 0.717) is 18.5 Å². The molecular formula is C27H52N2O3. The Morgan fingerprint density at radius 3 is 1.66 bits per heavy atom. The number of rotatable bonds is 19. The summed E-state index contributed by atoms with van der Waals surface area (Å²) in [5.74, 6) is -0.0413. The average Bonchev–Trinajstić information content (AvgIpc) is 3.10. The second-order valence-electron chi connectivity index (χ2n) is 9.89. The van der Waals surface area contributed by atoms with Gasteiger partial charge in [-0.15, -0.1) is 0 Å². The third kappa shape index (κ3) is 8.35. The zero-order valence-electron chi connectivity index (χ0n) is 22.1. The standard InChI is InChI=1S/C27H52N2O3/c1-7-26(8-2,9-3)17-13-15-21-32-22-16-14-18-27(10-4,11-5)19-20-29-24(30)23-28(12-6)25(29)31/h7-23H2,1-6H3. The van der Waals surface area contributed by atoms with Gasteiger partial charge in [-0.25, -0.2) is 4.79 Å². The van der Waals surface area contributed by atoms with E-state index in [4.69, 9.17) is 4.74 Å². The van der Waals surface area contributed by atoms with Crippen molar-refractivity contribution in [2.24, 2.45) is 10.8 Å². The second-order valence-corrected chi connectivity index (χ2v) is 9.89. The van der Waals surface area contributed by atoms with Crippen LogP contribution < -0.4 is 0 Å². The number of likely N-dealkylation sites (N-methyl/N-ethyl adjacent to an activating group) is 1. The smallest absolute Gasteiger partial charge is 0.327 e. The molecule has 0 radical (unpaired) electrons. The largest absolute Gasteiger partial charge is 0.381 e. The summed E-state index contributed by atoms with van der Waals surface area (Å²) in [4.78, 5) is 27.7. The Morgan fingerprint density at radius 2 is 1.22 bits per heavy atom. The number of nitrogens with zero attached hydrogens (tertiary/aromatic N) is 2. The van der Waals surface area contributed by atoms with E-state index in [1.54, 1.807) is 4.90 Å². The molecule has 0 aromatic heterocycles. The first-order valence-corrected chi connectivity index (χ1v) is 13.5. The van der Waals surface area contributed by atoms with Gasteiger partial charge in [-0.05, 0) is 49.9 Å². The maximum Gasteiger partial charge on any atom is 0.327 e. The third-order valence-corrected chi connectivity index (χ3v) is 8.62. The van der Waals surface area contributed by atoms with E-state index < -0.39 is 0 Å². The molecule has 0 aromatic carbocycles. The first-order chi connectivity index (χ1) is 15.4. The van der Waals surface area contributed by atoms with E-state index in [2.05, 4.69) is 34.6 Å². The average molecular weight is 453 g/mol. The number of unbranched alkanes of at least 4 members (excludes halogenated alkanes) is 2. The summed E-state index contributed by atoms with van der Waals surface area (Å²) in [6.07, 6.45) is 14.1. The number of urea groups is 1. The Labute approximate surface area is 198 Å². The number of carbonyl (C=O) groups excluding carboxylic acids is 2. The molecule has 5 heteroatoms. The Kier molecular flexibility index (Phi) is 13.5. The van der Waals surface area contributed by atoms with Gasteiger partial charge in [0, 0.05) is 26.3 Å². The predicted octanol–water partition coefficient (Wildman–Crippen LogP) is 7.04. The summed E-state index contributed by atoms with van der Waals surface area (Å²) >= 11 is 0. The van der Waals surface area contributed by atoms with Crippen molar-refractivity contribution >= 4 is 11.9 Å². The maximum atomic E-state index is 12.4. The van der Waals surface area contributed by atoms with Crippen LogP contribution in [-0.2, 0) is 9.53 Å². The SMILES string of the molecule is CCN1CC(=O)N(CCC(CC)(CC)CCCCOCCCCC(CC)(CC)CC)C1=O. The predicted molar refractivity (Wildman–Crippen MR) is 134 cm³/mol. The molecule has 1 heterocycles. The van der Waals surface area contributed by atoms with Crippen molar-refractivity contribution in [3.63, 3.8) is 0 Å². The minimum absolute atomic E-state index is 0.0413. The molecule has 0 aromatic rings. The normalized spacial score (nSPS) is 15.3. The molecule has 0 aliphatic carbocycles. The summed E-state index contributed by atoms with van der Waals surface area (Å²) < 4.78 is 5.92. The molecular weight excluding hydrogens is 400 g/mol. The maximum absolute atomic E-state index is 12.4. The van der Waals surface area contributed by atoms with E-state index >= 15 is 0 Å². The molecule has 32 heavy (non-hydrogen) atoms. The van der Waals surface area contributed by atoms with Gasteiger partial charge in [0.1, 0.15) is 6.54 Å². The molecule has 0 saturated carbocycles. The van der Waals surface area contributed by atoms with Crippen molar-refractivity contribution in [2.75, 3.05) is 32.8 Å². The van der Waals surface area contributed by atoms with Crippen LogP contribution in [0.25, 0.3) is 0 Å². The third-order valence-electron chi connectivity index (χ3n) is 8.62. The van der Waals surface area contributed by atoms with Crippen LogP contribution in [0.5, 0.6) is 0 Å². The lowest BCUT2D eigenvalue weighted by Crippen LogP contribution is -2.36. The highest BCUT2D eigenvalue weighted by atomic mass is 16.5. The van der Waals surface area contributed by atoms with Gasteiger partial charge in [0.05, 0.1) is 0 Å². The fraction of sp³-hybridized carbons (Fsp3) is 0.926. The lowest BCUT2D eigenvalue weighted by molar-refractivity contribution is -0.125. The Hall–Kier alpha value is -1.10. The second kappa shape index (κ2) is 14.9. The monoisotopic (exact) mass is 452 g/mol. The van der Waals surface area contributed by atoms with Crippen molar-refractivity contribution in [1.29, 1.82) is 0 Å². The van der Waals surface area contributed by atoms with Gasteiger partial charge in [-0.1, -0.05) is 79.6 Å². The van der Waals surface area contributed by atoms with E-state index in [9.17, 15) is 9.59 Å². The molecule has 1 fully saturated rings. The minimum atomic E-state index is -0.110. The summed E-state index contributed by atoms with van der Waals surface area (Å²) in [5.41, 5.74) is 0.757. The Balaban J connectivity index is 2.27. The van der Waals surface area contributed by atoms with Crippen molar-refractivity contribution in [2.45, 2.75) is 119 Å². The number of amides is 3. The van der Waals surface area contributed by atoms with Gasteiger partial charge in [0.25, 0.3) is 0 Å². The molecule has 1 rings (SSSR count). The molecule has 0 N–H and O–H groups in total. The molecule has 0 unspecified atom stereocenters.